The Kier molecular flexibility index (Phi) is 3.80. The van der Waals surface area contributed by atoms with Crippen LogP contribution in [0.25, 0.3) is 11.3 Å². The van der Waals surface area contributed by atoms with E-state index in [1.165, 1.54) is 16.7 Å². The zero-order valence-electron chi connectivity index (χ0n) is 11.0. The second-order valence-electron chi connectivity index (χ2n) is 4.51. The van der Waals surface area contributed by atoms with Crippen LogP contribution in [0.5, 0.6) is 0 Å². The van der Waals surface area contributed by atoms with Crippen LogP contribution in [0.15, 0.2) is 24.3 Å². The van der Waals surface area contributed by atoms with Gasteiger partial charge in [0.1, 0.15) is 23.4 Å². The Bertz CT molecular complexity index is 851. The Labute approximate surface area is 120 Å². The number of hydrogen-bond acceptors (Lipinski definition) is 3. The summed E-state index contributed by atoms with van der Waals surface area (Å²) in [4.78, 5) is 0. The molecule has 0 aliphatic heterocycles. The minimum absolute atomic E-state index is 0.0605. The predicted octanol–water partition coefficient (Wildman–Crippen LogP) is 1.63. The van der Waals surface area contributed by atoms with Crippen molar-refractivity contribution in [1.82, 2.24) is 4.57 Å². The highest BCUT2D eigenvalue weighted by molar-refractivity contribution is 7.88. The van der Waals surface area contributed by atoms with Crippen LogP contribution in [0.4, 0.5) is 8.78 Å². The molecular formula is C13H11F2N3O2S. The number of benzene rings is 1. The van der Waals surface area contributed by atoms with Gasteiger partial charge < -0.3 is 4.57 Å². The van der Waals surface area contributed by atoms with E-state index in [1.54, 1.807) is 7.05 Å². The minimum atomic E-state index is -3.96. The van der Waals surface area contributed by atoms with Gasteiger partial charge in [-0.05, 0) is 24.3 Å². The number of rotatable bonds is 3. The minimum Gasteiger partial charge on any atom is -0.335 e. The fourth-order valence-corrected chi connectivity index (χ4v) is 2.66. The van der Waals surface area contributed by atoms with E-state index in [9.17, 15) is 17.2 Å². The van der Waals surface area contributed by atoms with Crippen LogP contribution in [-0.4, -0.2) is 13.0 Å². The molecule has 1 aromatic heterocycles. The summed E-state index contributed by atoms with van der Waals surface area (Å²) in [6.45, 7) is 0. The highest BCUT2D eigenvalue weighted by atomic mass is 32.2. The number of aromatic nitrogens is 1. The highest BCUT2D eigenvalue weighted by Crippen LogP contribution is 2.27. The lowest BCUT2D eigenvalue weighted by atomic mass is 10.1. The summed E-state index contributed by atoms with van der Waals surface area (Å²) in [6.07, 6.45) is 0. The van der Waals surface area contributed by atoms with Crippen molar-refractivity contribution >= 4 is 10.0 Å². The van der Waals surface area contributed by atoms with Crippen molar-refractivity contribution in [2.24, 2.45) is 12.2 Å². The van der Waals surface area contributed by atoms with Crippen molar-refractivity contribution < 1.29 is 17.2 Å². The molecule has 0 fully saturated rings. The lowest BCUT2D eigenvalue weighted by Gasteiger charge is -2.09. The molecule has 2 aromatic rings. The smallest absolute Gasteiger partial charge is 0.213 e. The first kappa shape index (κ1) is 15.2. The van der Waals surface area contributed by atoms with Gasteiger partial charge in [0.15, 0.2) is 0 Å². The number of sulfonamides is 1. The molecule has 1 aromatic carbocycles. The first-order valence-electron chi connectivity index (χ1n) is 5.77. The normalized spacial score (nSPS) is 11.4. The number of halogens is 2. The van der Waals surface area contributed by atoms with Gasteiger partial charge in [0.2, 0.25) is 10.0 Å². The van der Waals surface area contributed by atoms with Crippen molar-refractivity contribution in [3.05, 3.63) is 47.2 Å². The monoisotopic (exact) mass is 311 g/mol. The van der Waals surface area contributed by atoms with Gasteiger partial charge in [-0.15, -0.1) is 0 Å². The van der Waals surface area contributed by atoms with Gasteiger partial charge in [-0.3, -0.25) is 0 Å². The second kappa shape index (κ2) is 5.27. The maximum atomic E-state index is 14.1. The van der Waals surface area contributed by atoms with Crippen LogP contribution in [0.3, 0.4) is 0 Å². The fourth-order valence-electron chi connectivity index (χ4n) is 2.01. The molecular weight excluding hydrogens is 300 g/mol. The second-order valence-corrected chi connectivity index (χ2v) is 6.12. The van der Waals surface area contributed by atoms with Crippen molar-refractivity contribution in [3.63, 3.8) is 0 Å². The molecule has 110 valence electrons. The molecule has 1 heterocycles. The molecule has 0 unspecified atom stereocenters. The molecule has 0 aliphatic rings. The molecule has 2 N–H and O–H groups in total. The summed E-state index contributed by atoms with van der Waals surface area (Å²) in [6, 6.07) is 6.57. The number of nitrogens with two attached hydrogens (primary N) is 1. The molecule has 0 bridgehead atoms. The van der Waals surface area contributed by atoms with E-state index in [0.29, 0.717) is 11.4 Å². The standard InChI is InChI=1S/C13H11F2N3O2S/c1-18-9(6-16)2-3-13(18)10-5-11(14)8(4-12(10)15)7-21(17,19)20/h2-5H,7H2,1H3,(H2,17,19,20). The number of nitrogens with zero attached hydrogens (tertiary/aromatic N) is 2. The number of primary sulfonamides is 1. The van der Waals surface area contributed by atoms with E-state index in [4.69, 9.17) is 10.4 Å². The predicted molar refractivity (Wildman–Crippen MR) is 72.3 cm³/mol. The molecule has 0 aliphatic carbocycles. The maximum Gasteiger partial charge on any atom is 0.213 e. The van der Waals surface area contributed by atoms with Crippen LogP contribution in [-0.2, 0) is 22.8 Å². The molecule has 21 heavy (non-hydrogen) atoms. The Morgan fingerprint density at radius 1 is 1.29 bits per heavy atom. The zero-order valence-corrected chi connectivity index (χ0v) is 11.8. The van der Waals surface area contributed by atoms with Crippen molar-refractivity contribution in [2.45, 2.75) is 5.75 Å². The molecule has 0 saturated carbocycles. The number of nitriles is 1. The third kappa shape index (κ3) is 3.09. The topological polar surface area (TPSA) is 88.9 Å². The van der Waals surface area contributed by atoms with Gasteiger partial charge in [0.05, 0.1) is 11.4 Å². The first-order valence-corrected chi connectivity index (χ1v) is 7.49. The third-order valence-corrected chi connectivity index (χ3v) is 3.72. The maximum absolute atomic E-state index is 14.1. The van der Waals surface area contributed by atoms with E-state index in [-0.39, 0.29) is 11.1 Å². The summed E-state index contributed by atoms with van der Waals surface area (Å²) in [5.41, 5.74) is 0.201. The molecule has 0 amide bonds. The van der Waals surface area contributed by atoms with Crippen LogP contribution < -0.4 is 5.14 Å². The molecule has 0 spiro atoms. The molecule has 0 radical (unpaired) electrons. The Balaban J connectivity index is 2.55. The summed E-state index contributed by atoms with van der Waals surface area (Å²) >= 11 is 0. The lowest BCUT2D eigenvalue weighted by Crippen LogP contribution is -2.15. The van der Waals surface area contributed by atoms with E-state index in [2.05, 4.69) is 0 Å². The van der Waals surface area contributed by atoms with Gasteiger partial charge in [-0.2, -0.15) is 5.26 Å². The van der Waals surface area contributed by atoms with E-state index >= 15 is 0 Å². The molecule has 0 saturated heterocycles. The molecule has 0 atom stereocenters. The summed E-state index contributed by atoms with van der Waals surface area (Å²) in [5, 5.41) is 13.7. The molecule has 2 rings (SSSR count). The van der Waals surface area contributed by atoms with Gasteiger partial charge in [-0.25, -0.2) is 22.3 Å². The van der Waals surface area contributed by atoms with Crippen LogP contribution in [0, 0.1) is 23.0 Å². The van der Waals surface area contributed by atoms with Crippen molar-refractivity contribution in [1.29, 1.82) is 5.26 Å². The van der Waals surface area contributed by atoms with Gasteiger partial charge in [-0.1, -0.05) is 0 Å². The fraction of sp³-hybridized carbons (Fsp3) is 0.154. The SMILES string of the molecule is Cn1c(C#N)ccc1-c1cc(F)c(CS(N)(=O)=O)cc1F. The van der Waals surface area contributed by atoms with Crippen molar-refractivity contribution in [2.75, 3.05) is 0 Å². The zero-order chi connectivity index (χ0) is 15.8. The van der Waals surface area contributed by atoms with E-state index < -0.39 is 27.4 Å². The molecule has 8 heteroatoms. The number of hydrogen-bond donors (Lipinski definition) is 1. The van der Waals surface area contributed by atoms with Crippen LogP contribution >= 0.6 is 0 Å². The van der Waals surface area contributed by atoms with Crippen molar-refractivity contribution in [3.8, 4) is 17.3 Å². The van der Waals surface area contributed by atoms with Gasteiger partial charge in [0.25, 0.3) is 0 Å². The average molecular weight is 311 g/mol. The summed E-state index contributed by atoms with van der Waals surface area (Å²) < 4.78 is 51.3. The average Bonchev–Trinajstić information content (AvgIpc) is 2.73. The largest absolute Gasteiger partial charge is 0.335 e. The van der Waals surface area contributed by atoms with E-state index in [1.807, 2.05) is 6.07 Å². The van der Waals surface area contributed by atoms with Gasteiger partial charge >= 0.3 is 0 Å². The first-order chi connectivity index (χ1) is 9.73. The molecule has 5 nitrogen and oxygen atoms in total. The lowest BCUT2D eigenvalue weighted by molar-refractivity contribution is 0.580. The van der Waals surface area contributed by atoms with E-state index in [0.717, 1.165) is 12.1 Å². The quantitative estimate of drug-likeness (QED) is 0.934. The van der Waals surface area contributed by atoms with Gasteiger partial charge in [0, 0.05) is 18.2 Å². The van der Waals surface area contributed by atoms with Crippen LogP contribution in [0.2, 0.25) is 0 Å². The van der Waals surface area contributed by atoms with Crippen LogP contribution in [0.1, 0.15) is 11.3 Å². The Hall–Kier alpha value is -2.24. The highest BCUT2D eigenvalue weighted by Gasteiger charge is 2.17. The Morgan fingerprint density at radius 3 is 2.48 bits per heavy atom. The summed E-state index contributed by atoms with van der Waals surface area (Å²) in [7, 11) is -2.41. The third-order valence-electron chi connectivity index (χ3n) is 3.01. The summed E-state index contributed by atoms with van der Waals surface area (Å²) in [5.74, 6) is -2.45. The Morgan fingerprint density at radius 2 is 1.95 bits per heavy atom.